The van der Waals surface area contributed by atoms with Crippen molar-refractivity contribution >= 4 is 5.69 Å². The summed E-state index contributed by atoms with van der Waals surface area (Å²) in [6.45, 7) is 3.95. The lowest BCUT2D eigenvalue weighted by molar-refractivity contribution is 0.0970. The van der Waals surface area contributed by atoms with Gasteiger partial charge in [0.05, 0.1) is 24.9 Å². The van der Waals surface area contributed by atoms with Gasteiger partial charge in [-0.15, -0.1) is 0 Å². The normalized spacial score (nSPS) is 17.6. The molecule has 0 saturated heterocycles. The van der Waals surface area contributed by atoms with Crippen molar-refractivity contribution in [3.63, 3.8) is 0 Å². The SMILES string of the molecule is CCn1cc(NC2COCc3ccccc32)ccc1=O. The Morgan fingerprint density at radius 3 is 3.00 bits per heavy atom. The van der Waals surface area contributed by atoms with E-state index in [-0.39, 0.29) is 11.6 Å². The summed E-state index contributed by atoms with van der Waals surface area (Å²) in [5, 5.41) is 3.45. The highest BCUT2D eigenvalue weighted by atomic mass is 16.5. The predicted molar refractivity (Wildman–Crippen MR) is 78.8 cm³/mol. The van der Waals surface area contributed by atoms with E-state index in [1.165, 1.54) is 11.1 Å². The maximum Gasteiger partial charge on any atom is 0.250 e. The predicted octanol–water partition coefficient (Wildman–Crippen LogP) is 2.55. The third-order valence-corrected chi connectivity index (χ3v) is 3.64. The molecule has 4 nitrogen and oxygen atoms in total. The number of aryl methyl sites for hydroxylation is 1. The van der Waals surface area contributed by atoms with E-state index in [4.69, 9.17) is 4.74 Å². The Balaban J connectivity index is 1.87. The summed E-state index contributed by atoms with van der Waals surface area (Å²) in [4.78, 5) is 11.6. The molecule has 104 valence electrons. The molecule has 1 aliphatic heterocycles. The first-order chi connectivity index (χ1) is 9.78. The summed E-state index contributed by atoms with van der Waals surface area (Å²) >= 11 is 0. The highest BCUT2D eigenvalue weighted by molar-refractivity contribution is 5.45. The average molecular weight is 270 g/mol. The molecule has 0 bridgehead atoms. The van der Waals surface area contributed by atoms with E-state index >= 15 is 0 Å². The van der Waals surface area contributed by atoms with E-state index < -0.39 is 0 Å². The van der Waals surface area contributed by atoms with E-state index in [2.05, 4.69) is 17.4 Å². The first-order valence-corrected chi connectivity index (χ1v) is 6.90. The van der Waals surface area contributed by atoms with Crippen molar-refractivity contribution in [1.29, 1.82) is 0 Å². The van der Waals surface area contributed by atoms with E-state index in [9.17, 15) is 4.79 Å². The number of aromatic nitrogens is 1. The molecule has 1 atom stereocenters. The summed E-state index contributed by atoms with van der Waals surface area (Å²) < 4.78 is 7.32. The van der Waals surface area contributed by atoms with Gasteiger partial charge in [0.1, 0.15) is 0 Å². The summed E-state index contributed by atoms with van der Waals surface area (Å²) in [5.41, 5.74) is 3.46. The van der Waals surface area contributed by atoms with Crippen LogP contribution in [0.1, 0.15) is 24.1 Å². The van der Waals surface area contributed by atoms with Gasteiger partial charge in [-0.3, -0.25) is 4.79 Å². The second-order valence-corrected chi connectivity index (χ2v) is 4.95. The minimum absolute atomic E-state index is 0.0262. The molecule has 3 rings (SSSR count). The standard InChI is InChI=1S/C16H18N2O2/c1-2-18-9-13(7-8-16(18)19)17-15-11-20-10-12-5-3-4-6-14(12)15/h3-9,15,17H,2,10-11H2,1H3. The Kier molecular flexibility index (Phi) is 3.56. The molecule has 0 radical (unpaired) electrons. The molecule has 1 aromatic carbocycles. The lowest BCUT2D eigenvalue weighted by Gasteiger charge is -2.27. The Morgan fingerprint density at radius 2 is 2.15 bits per heavy atom. The van der Waals surface area contributed by atoms with Gasteiger partial charge >= 0.3 is 0 Å². The van der Waals surface area contributed by atoms with Crippen LogP contribution in [0.15, 0.2) is 47.4 Å². The van der Waals surface area contributed by atoms with Crippen LogP contribution in [-0.4, -0.2) is 11.2 Å². The van der Waals surface area contributed by atoms with Gasteiger partial charge in [-0.2, -0.15) is 0 Å². The lowest BCUT2D eigenvalue weighted by atomic mass is 9.99. The van der Waals surface area contributed by atoms with Gasteiger partial charge in [-0.05, 0) is 24.1 Å². The second kappa shape index (κ2) is 5.51. The van der Waals surface area contributed by atoms with E-state index in [0.717, 1.165) is 5.69 Å². The Hall–Kier alpha value is -2.07. The second-order valence-electron chi connectivity index (χ2n) is 4.95. The molecule has 1 aliphatic rings. The number of ether oxygens (including phenoxy) is 1. The maximum atomic E-state index is 11.6. The zero-order valence-corrected chi connectivity index (χ0v) is 11.5. The molecule has 4 heteroatoms. The number of pyridine rings is 1. The number of rotatable bonds is 3. The minimum atomic E-state index is 0.0262. The zero-order chi connectivity index (χ0) is 13.9. The van der Waals surface area contributed by atoms with Gasteiger partial charge in [-0.1, -0.05) is 24.3 Å². The quantitative estimate of drug-likeness (QED) is 0.932. The molecule has 0 fully saturated rings. The maximum absolute atomic E-state index is 11.6. The van der Waals surface area contributed by atoms with E-state index in [0.29, 0.717) is 19.8 Å². The van der Waals surface area contributed by atoms with Gasteiger partial charge < -0.3 is 14.6 Å². The summed E-state index contributed by atoms with van der Waals surface area (Å²) in [6, 6.07) is 11.9. The highest BCUT2D eigenvalue weighted by Gasteiger charge is 2.20. The van der Waals surface area contributed by atoms with E-state index in [1.54, 1.807) is 10.6 Å². The fraction of sp³-hybridized carbons (Fsp3) is 0.312. The Bertz CT molecular complexity index is 664. The van der Waals surface area contributed by atoms with Crippen LogP contribution in [-0.2, 0) is 17.9 Å². The van der Waals surface area contributed by atoms with Crippen molar-refractivity contribution in [3.05, 3.63) is 64.1 Å². The van der Waals surface area contributed by atoms with Gasteiger partial charge in [0, 0.05) is 18.8 Å². The van der Waals surface area contributed by atoms with Crippen molar-refractivity contribution < 1.29 is 4.74 Å². The van der Waals surface area contributed by atoms with Crippen LogP contribution in [0.25, 0.3) is 0 Å². The number of benzene rings is 1. The van der Waals surface area contributed by atoms with Crippen molar-refractivity contribution in [2.45, 2.75) is 26.1 Å². The first-order valence-electron chi connectivity index (χ1n) is 6.90. The third-order valence-electron chi connectivity index (χ3n) is 3.64. The van der Waals surface area contributed by atoms with Gasteiger partial charge in [0.2, 0.25) is 0 Å². The van der Waals surface area contributed by atoms with Crippen LogP contribution >= 0.6 is 0 Å². The highest BCUT2D eigenvalue weighted by Crippen LogP contribution is 2.27. The monoisotopic (exact) mass is 270 g/mol. The average Bonchev–Trinajstić information content (AvgIpc) is 2.49. The molecular weight excluding hydrogens is 252 g/mol. The molecule has 1 aromatic heterocycles. The van der Waals surface area contributed by atoms with Crippen molar-refractivity contribution in [2.75, 3.05) is 11.9 Å². The molecule has 0 spiro atoms. The fourth-order valence-electron chi connectivity index (χ4n) is 2.57. The number of nitrogens with one attached hydrogen (secondary N) is 1. The van der Waals surface area contributed by atoms with Crippen LogP contribution in [0.3, 0.4) is 0 Å². The molecule has 20 heavy (non-hydrogen) atoms. The van der Waals surface area contributed by atoms with E-state index in [1.807, 2.05) is 31.3 Å². The first kappa shape index (κ1) is 12.9. The van der Waals surface area contributed by atoms with Crippen molar-refractivity contribution in [1.82, 2.24) is 4.57 Å². The summed E-state index contributed by atoms with van der Waals surface area (Å²) in [5.74, 6) is 0. The van der Waals surface area contributed by atoms with Gasteiger partial charge in [0.15, 0.2) is 0 Å². The molecule has 1 N–H and O–H groups in total. The summed E-state index contributed by atoms with van der Waals surface area (Å²) in [6.07, 6.45) is 1.86. The molecule has 2 aromatic rings. The molecule has 0 amide bonds. The number of hydrogen-bond acceptors (Lipinski definition) is 3. The number of anilines is 1. The molecule has 1 unspecified atom stereocenters. The molecule has 0 saturated carbocycles. The number of fused-ring (bicyclic) bond motifs is 1. The minimum Gasteiger partial charge on any atom is -0.375 e. The zero-order valence-electron chi connectivity index (χ0n) is 11.5. The topological polar surface area (TPSA) is 43.3 Å². The van der Waals surface area contributed by atoms with Crippen LogP contribution in [0.5, 0.6) is 0 Å². The smallest absolute Gasteiger partial charge is 0.250 e. The van der Waals surface area contributed by atoms with Gasteiger partial charge in [-0.25, -0.2) is 0 Å². The summed E-state index contributed by atoms with van der Waals surface area (Å²) in [7, 11) is 0. The van der Waals surface area contributed by atoms with Crippen LogP contribution in [0.4, 0.5) is 5.69 Å². The Labute approximate surface area is 118 Å². The number of hydrogen-bond donors (Lipinski definition) is 1. The van der Waals surface area contributed by atoms with Gasteiger partial charge in [0.25, 0.3) is 5.56 Å². The molecular formula is C16H18N2O2. The van der Waals surface area contributed by atoms with Crippen molar-refractivity contribution in [2.24, 2.45) is 0 Å². The van der Waals surface area contributed by atoms with Crippen LogP contribution < -0.4 is 10.9 Å². The van der Waals surface area contributed by atoms with Crippen LogP contribution in [0, 0.1) is 0 Å². The lowest BCUT2D eigenvalue weighted by Crippen LogP contribution is -2.24. The molecule has 2 heterocycles. The fourth-order valence-corrected chi connectivity index (χ4v) is 2.57. The largest absolute Gasteiger partial charge is 0.375 e. The number of nitrogens with zero attached hydrogens (tertiary/aromatic N) is 1. The third kappa shape index (κ3) is 2.47. The van der Waals surface area contributed by atoms with Crippen LogP contribution in [0.2, 0.25) is 0 Å². The van der Waals surface area contributed by atoms with Crippen molar-refractivity contribution in [3.8, 4) is 0 Å². The molecule has 0 aliphatic carbocycles. The Morgan fingerprint density at radius 1 is 1.30 bits per heavy atom.